The van der Waals surface area contributed by atoms with E-state index in [2.05, 4.69) is 9.62 Å². The van der Waals surface area contributed by atoms with E-state index in [0.29, 0.717) is 24.9 Å². The molecule has 0 fully saturated rings. The Labute approximate surface area is 151 Å². The highest BCUT2D eigenvalue weighted by molar-refractivity contribution is 7.92. The molecule has 26 heavy (non-hydrogen) atoms. The van der Waals surface area contributed by atoms with Gasteiger partial charge in [0.05, 0.1) is 12.3 Å². The van der Waals surface area contributed by atoms with Crippen molar-refractivity contribution in [1.82, 2.24) is 0 Å². The second-order valence-corrected chi connectivity index (χ2v) is 7.76. The molecule has 0 radical (unpaired) electrons. The molecular weight excluding hydrogens is 362 g/mol. The third-order valence-corrected chi connectivity index (χ3v) is 5.72. The van der Waals surface area contributed by atoms with Crippen LogP contribution < -0.4 is 9.62 Å². The third-order valence-electron chi connectivity index (χ3n) is 4.30. The molecule has 0 spiro atoms. The zero-order valence-electron chi connectivity index (χ0n) is 14.3. The molecule has 3 rings (SSSR count). The van der Waals surface area contributed by atoms with Gasteiger partial charge >= 0.3 is 0 Å². The number of methoxy groups -OCH3 is 1. The smallest absolute Gasteiger partial charge is 0.264 e. The summed E-state index contributed by atoms with van der Waals surface area (Å²) in [6, 6.07) is 7.63. The summed E-state index contributed by atoms with van der Waals surface area (Å²) in [4.78, 5) is 1.55. The number of nitrogens with zero attached hydrogens (tertiary/aromatic N) is 1. The maximum absolute atomic E-state index is 13.8. The lowest BCUT2D eigenvalue weighted by molar-refractivity contribution is 0.205. The van der Waals surface area contributed by atoms with E-state index in [1.165, 1.54) is 0 Å². The molecular formula is C18H20F2N2O3S. The van der Waals surface area contributed by atoms with Gasteiger partial charge < -0.3 is 9.64 Å². The van der Waals surface area contributed by atoms with E-state index >= 15 is 0 Å². The molecule has 0 saturated carbocycles. The monoisotopic (exact) mass is 382 g/mol. The molecule has 140 valence electrons. The van der Waals surface area contributed by atoms with Gasteiger partial charge in [0.15, 0.2) is 0 Å². The van der Waals surface area contributed by atoms with E-state index in [1.54, 1.807) is 19.2 Å². The predicted octanol–water partition coefficient (Wildman–Crippen LogP) is 3.16. The van der Waals surface area contributed by atoms with Gasteiger partial charge in [-0.15, -0.1) is 0 Å². The maximum Gasteiger partial charge on any atom is 0.264 e. The number of rotatable bonds is 6. The number of sulfonamides is 1. The van der Waals surface area contributed by atoms with E-state index in [9.17, 15) is 17.2 Å². The Morgan fingerprint density at radius 1 is 1.19 bits per heavy atom. The van der Waals surface area contributed by atoms with Crippen LogP contribution in [0.15, 0.2) is 41.3 Å². The normalized spacial score (nSPS) is 14.2. The van der Waals surface area contributed by atoms with E-state index in [1.807, 2.05) is 6.07 Å². The summed E-state index contributed by atoms with van der Waals surface area (Å²) in [5.74, 6) is -1.96. The Hall–Kier alpha value is -2.19. The quantitative estimate of drug-likeness (QED) is 0.834. The van der Waals surface area contributed by atoms with Crippen LogP contribution in [0.3, 0.4) is 0 Å². The van der Waals surface area contributed by atoms with Crippen LogP contribution in [-0.2, 0) is 21.2 Å². The summed E-state index contributed by atoms with van der Waals surface area (Å²) in [5, 5.41) is 0. The molecule has 0 amide bonds. The number of benzene rings is 2. The lowest BCUT2D eigenvalue weighted by Crippen LogP contribution is -2.32. The highest BCUT2D eigenvalue weighted by Crippen LogP contribution is 2.31. The first-order valence-corrected chi connectivity index (χ1v) is 9.74. The Bertz CT molecular complexity index is 903. The Morgan fingerprint density at radius 3 is 2.73 bits per heavy atom. The Kier molecular flexibility index (Phi) is 5.43. The van der Waals surface area contributed by atoms with E-state index in [0.717, 1.165) is 42.8 Å². The molecule has 1 heterocycles. The largest absolute Gasteiger partial charge is 0.383 e. The van der Waals surface area contributed by atoms with Crippen LogP contribution in [0.5, 0.6) is 0 Å². The van der Waals surface area contributed by atoms with Crippen molar-refractivity contribution < 1.29 is 21.9 Å². The summed E-state index contributed by atoms with van der Waals surface area (Å²) in [6.45, 7) is 2.13. The summed E-state index contributed by atoms with van der Waals surface area (Å²) in [6.07, 6.45) is 1.93. The molecule has 2 aromatic carbocycles. The van der Waals surface area contributed by atoms with Gasteiger partial charge in [-0.25, -0.2) is 17.2 Å². The minimum atomic E-state index is -4.16. The first kappa shape index (κ1) is 18.6. The lowest BCUT2D eigenvalue weighted by atomic mass is 10.0. The van der Waals surface area contributed by atoms with Gasteiger partial charge in [0.25, 0.3) is 10.0 Å². The van der Waals surface area contributed by atoms with E-state index in [4.69, 9.17) is 4.74 Å². The van der Waals surface area contributed by atoms with Gasteiger partial charge in [0.2, 0.25) is 0 Å². The van der Waals surface area contributed by atoms with E-state index in [-0.39, 0.29) is 0 Å². The number of halogens is 2. The van der Waals surface area contributed by atoms with Crippen LogP contribution in [0.2, 0.25) is 0 Å². The van der Waals surface area contributed by atoms with Gasteiger partial charge in [0.1, 0.15) is 16.5 Å². The molecule has 0 aromatic heterocycles. The number of fused-ring (bicyclic) bond motifs is 1. The average Bonchev–Trinajstić information content (AvgIpc) is 2.59. The summed E-state index contributed by atoms with van der Waals surface area (Å²) in [7, 11) is -2.53. The highest BCUT2D eigenvalue weighted by atomic mass is 32.2. The molecule has 0 bridgehead atoms. The van der Waals surface area contributed by atoms with Crippen LogP contribution in [0.4, 0.5) is 20.2 Å². The highest BCUT2D eigenvalue weighted by Gasteiger charge is 2.22. The van der Waals surface area contributed by atoms with E-state index < -0.39 is 26.6 Å². The molecule has 1 aliphatic heterocycles. The molecule has 1 aliphatic rings. The number of hydrogen-bond donors (Lipinski definition) is 1. The minimum absolute atomic E-state index is 0.330. The molecule has 1 N–H and O–H groups in total. The van der Waals surface area contributed by atoms with Crippen LogP contribution in [0.1, 0.15) is 12.0 Å². The predicted molar refractivity (Wildman–Crippen MR) is 96.0 cm³/mol. The minimum Gasteiger partial charge on any atom is -0.383 e. The number of hydrogen-bond acceptors (Lipinski definition) is 4. The fraction of sp³-hybridized carbons (Fsp3) is 0.333. The number of nitrogens with one attached hydrogen (secondary N) is 1. The molecule has 0 saturated heterocycles. The van der Waals surface area contributed by atoms with Gasteiger partial charge in [-0.1, -0.05) is 6.07 Å². The number of aryl methyl sites for hydroxylation is 1. The second kappa shape index (κ2) is 7.59. The van der Waals surface area contributed by atoms with Crippen LogP contribution in [0.25, 0.3) is 0 Å². The summed E-state index contributed by atoms with van der Waals surface area (Å²) < 4.78 is 59.3. The van der Waals surface area contributed by atoms with Gasteiger partial charge in [0, 0.05) is 32.0 Å². The summed E-state index contributed by atoms with van der Waals surface area (Å²) >= 11 is 0. The first-order valence-electron chi connectivity index (χ1n) is 8.25. The van der Waals surface area contributed by atoms with Crippen molar-refractivity contribution in [2.75, 3.05) is 36.4 Å². The van der Waals surface area contributed by atoms with Crippen LogP contribution in [-0.4, -0.2) is 35.2 Å². The van der Waals surface area contributed by atoms with Crippen molar-refractivity contribution in [3.8, 4) is 0 Å². The Morgan fingerprint density at radius 2 is 2.00 bits per heavy atom. The molecule has 0 unspecified atom stereocenters. The standard InChI is InChI=1S/C18H20F2N2O3S/c1-25-10-9-22-8-2-3-13-4-6-15(12-17(13)22)21-26(23,24)18-7-5-14(19)11-16(18)20/h4-7,11-12,21H,2-3,8-10H2,1H3. The van der Waals surface area contributed by atoms with Gasteiger partial charge in [-0.2, -0.15) is 0 Å². The van der Waals surface area contributed by atoms with Crippen molar-refractivity contribution in [3.63, 3.8) is 0 Å². The van der Waals surface area contributed by atoms with Crippen molar-refractivity contribution in [2.45, 2.75) is 17.7 Å². The molecule has 5 nitrogen and oxygen atoms in total. The third kappa shape index (κ3) is 3.96. The zero-order valence-corrected chi connectivity index (χ0v) is 15.2. The van der Waals surface area contributed by atoms with Crippen LogP contribution in [0, 0.1) is 11.6 Å². The molecule has 2 aromatic rings. The van der Waals surface area contributed by atoms with Crippen molar-refractivity contribution in [2.24, 2.45) is 0 Å². The van der Waals surface area contributed by atoms with Crippen molar-refractivity contribution in [1.29, 1.82) is 0 Å². The average molecular weight is 382 g/mol. The van der Waals surface area contributed by atoms with Gasteiger partial charge in [-0.3, -0.25) is 4.72 Å². The number of anilines is 2. The second-order valence-electron chi connectivity index (χ2n) is 6.11. The molecule has 0 atom stereocenters. The van der Waals surface area contributed by atoms with Crippen LogP contribution >= 0.6 is 0 Å². The fourth-order valence-electron chi connectivity index (χ4n) is 3.05. The Balaban J connectivity index is 1.88. The molecule has 0 aliphatic carbocycles. The topological polar surface area (TPSA) is 58.6 Å². The molecule has 8 heteroatoms. The number of ether oxygens (including phenoxy) is 1. The van der Waals surface area contributed by atoms with Gasteiger partial charge in [-0.05, 0) is 42.7 Å². The zero-order chi connectivity index (χ0) is 18.7. The SMILES string of the molecule is COCCN1CCCc2ccc(NS(=O)(=O)c3ccc(F)cc3F)cc21. The van der Waals surface area contributed by atoms with Crippen molar-refractivity contribution in [3.05, 3.63) is 53.6 Å². The summed E-state index contributed by atoms with van der Waals surface area (Å²) in [5.41, 5.74) is 2.40. The lowest BCUT2D eigenvalue weighted by Gasteiger charge is -2.31. The van der Waals surface area contributed by atoms with Crippen molar-refractivity contribution >= 4 is 21.4 Å². The fourth-order valence-corrected chi connectivity index (χ4v) is 4.16. The maximum atomic E-state index is 13.8. The first-order chi connectivity index (χ1) is 12.4.